The highest BCUT2D eigenvalue weighted by atomic mass is 19.4. The Labute approximate surface area is 153 Å². The molecule has 0 bridgehead atoms. The third kappa shape index (κ3) is 4.52. The molecule has 1 fully saturated rings. The summed E-state index contributed by atoms with van der Waals surface area (Å²) in [5, 5.41) is 13.2. The second-order valence-corrected chi connectivity index (χ2v) is 6.63. The number of piperidine rings is 1. The van der Waals surface area contributed by atoms with E-state index in [1.807, 2.05) is 0 Å². The van der Waals surface area contributed by atoms with E-state index in [4.69, 9.17) is 9.84 Å². The summed E-state index contributed by atoms with van der Waals surface area (Å²) >= 11 is 0. The molecule has 2 amide bonds. The molecule has 2 aliphatic rings. The van der Waals surface area contributed by atoms with Crippen LogP contribution in [0.15, 0.2) is 6.07 Å². The van der Waals surface area contributed by atoms with Gasteiger partial charge in [-0.1, -0.05) is 0 Å². The molecule has 8 nitrogen and oxygen atoms in total. The Hall–Kier alpha value is -2.30. The van der Waals surface area contributed by atoms with Gasteiger partial charge in [0.05, 0.1) is 19.1 Å². The second-order valence-electron chi connectivity index (χ2n) is 6.63. The smallest absolute Gasteiger partial charge is 0.406 e. The molecule has 0 radical (unpaired) electrons. The van der Waals surface area contributed by atoms with E-state index in [-0.39, 0.29) is 18.1 Å². The summed E-state index contributed by atoms with van der Waals surface area (Å²) in [6.45, 7) is -0.882. The quantitative estimate of drug-likeness (QED) is 0.792. The van der Waals surface area contributed by atoms with Gasteiger partial charge in [-0.2, -0.15) is 18.3 Å². The number of carbonyl (C=O) groups excluding carboxylic acids is 2. The van der Waals surface area contributed by atoms with E-state index in [0.717, 1.165) is 0 Å². The monoisotopic (exact) mass is 390 g/mol. The molecule has 0 aromatic carbocycles. The number of aromatic nitrogens is 2. The van der Waals surface area contributed by atoms with Crippen LogP contribution in [-0.4, -0.2) is 82.1 Å². The van der Waals surface area contributed by atoms with Crippen LogP contribution in [-0.2, 0) is 11.3 Å². The molecule has 0 spiro atoms. The normalized spacial score (nSPS) is 19.6. The zero-order valence-corrected chi connectivity index (χ0v) is 14.6. The fourth-order valence-electron chi connectivity index (χ4n) is 3.40. The fourth-order valence-corrected chi connectivity index (χ4v) is 3.40. The summed E-state index contributed by atoms with van der Waals surface area (Å²) in [4.78, 5) is 27.2. The summed E-state index contributed by atoms with van der Waals surface area (Å²) < 4.78 is 45.0. The van der Waals surface area contributed by atoms with Crippen molar-refractivity contribution < 1.29 is 32.6 Å². The number of alkyl halides is 3. The summed E-state index contributed by atoms with van der Waals surface area (Å²) in [5.41, 5.74) is 0.195. The number of nitrogens with zero attached hydrogens (tertiary/aromatic N) is 4. The van der Waals surface area contributed by atoms with Crippen molar-refractivity contribution in [1.29, 1.82) is 0 Å². The van der Waals surface area contributed by atoms with Crippen LogP contribution in [0.1, 0.15) is 23.3 Å². The first-order valence-electron chi connectivity index (χ1n) is 8.75. The van der Waals surface area contributed by atoms with E-state index in [1.165, 1.54) is 11.0 Å². The zero-order chi connectivity index (χ0) is 19.6. The Morgan fingerprint density at radius 1 is 1.37 bits per heavy atom. The SMILES string of the molecule is O=C(c1cc2n(n1)CCO2)N1CCCC(C(=O)N(CCO)CC(F)(F)F)C1. The van der Waals surface area contributed by atoms with Gasteiger partial charge in [-0.15, -0.1) is 0 Å². The zero-order valence-electron chi connectivity index (χ0n) is 14.6. The highest BCUT2D eigenvalue weighted by molar-refractivity contribution is 5.93. The number of hydrogen-bond donors (Lipinski definition) is 1. The average molecular weight is 390 g/mol. The summed E-state index contributed by atoms with van der Waals surface area (Å²) in [6.07, 6.45) is -3.65. The van der Waals surface area contributed by atoms with Gasteiger partial charge in [-0.25, -0.2) is 4.68 Å². The Balaban J connectivity index is 1.66. The molecule has 0 aliphatic carbocycles. The first-order chi connectivity index (χ1) is 12.8. The van der Waals surface area contributed by atoms with Crippen molar-refractivity contribution in [2.75, 3.05) is 39.4 Å². The number of likely N-dealkylation sites (tertiary alicyclic amines) is 1. The van der Waals surface area contributed by atoms with Crippen LogP contribution in [0, 0.1) is 5.92 Å². The van der Waals surface area contributed by atoms with E-state index in [0.29, 0.717) is 43.3 Å². The minimum absolute atomic E-state index is 0.0283. The van der Waals surface area contributed by atoms with Gasteiger partial charge >= 0.3 is 6.18 Å². The van der Waals surface area contributed by atoms with Crippen molar-refractivity contribution in [3.05, 3.63) is 11.8 Å². The lowest BCUT2D eigenvalue weighted by atomic mass is 9.96. The van der Waals surface area contributed by atoms with Gasteiger partial charge in [-0.05, 0) is 12.8 Å². The van der Waals surface area contributed by atoms with E-state index >= 15 is 0 Å². The largest absolute Gasteiger partial charge is 0.476 e. The maximum atomic E-state index is 12.7. The number of carbonyl (C=O) groups is 2. The molecule has 1 saturated heterocycles. The Bertz CT molecular complexity index is 685. The Kier molecular flexibility index (Phi) is 5.59. The van der Waals surface area contributed by atoms with E-state index in [1.54, 1.807) is 4.68 Å². The highest BCUT2D eigenvalue weighted by Gasteiger charge is 2.37. The van der Waals surface area contributed by atoms with Crippen molar-refractivity contribution in [3.8, 4) is 5.88 Å². The number of rotatable bonds is 5. The number of fused-ring (bicyclic) bond motifs is 1. The molecule has 150 valence electrons. The molecule has 3 rings (SSSR count). The first-order valence-corrected chi connectivity index (χ1v) is 8.75. The molecular formula is C16H21F3N4O4. The molecule has 1 aromatic rings. The molecule has 1 unspecified atom stereocenters. The van der Waals surface area contributed by atoms with E-state index in [2.05, 4.69) is 5.10 Å². The van der Waals surface area contributed by atoms with Crippen LogP contribution >= 0.6 is 0 Å². The third-order valence-electron chi connectivity index (χ3n) is 4.62. The average Bonchev–Trinajstić information content (AvgIpc) is 3.21. The summed E-state index contributed by atoms with van der Waals surface area (Å²) in [6, 6.07) is 1.53. The fraction of sp³-hybridized carbons (Fsp3) is 0.688. The molecular weight excluding hydrogens is 369 g/mol. The van der Waals surface area contributed by atoms with Crippen molar-refractivity contribution in [3.63, 3.8) is 0 Å². The molecule has 1 atom stereocenters. The van der Waals surface area contributed by atoms with Crippen LogP contribution in [0.5, 0.6) is 5.88 Å². The molecule has 27 heavy (non-hydrogen) atoms. The first kappa shape index (κ1) is 19.5. The number of ether oxygens (including phenoxy) is 1. The molecule has 11 heteroatoms. The topological polar surface area (TPSA) is 87.9 Å². The molecule has 0 saturated carbocycles. The molecule has 1 aromatic heterocycles. The van der Waals surface area contributed by atoms with Crippen molar-refractivity contribution in [2.45, 2.75) is 25.6 Å². The van der Waals surface area contributed by atoms with Gasteiger partial charge in [0.25, 0.3) is 5.91 Å². The lowest BCUT2D eigenvalue weighted by molar-refractivity contribution is -0.165. The standard InChI is InChI=1S/C16H21F3N4O4/c17-16(18,19)10-22(4-6-24)14(25)11-2-1-3-21(9-11)15(26)12-8-13-23(20-12)5-7-27-13/h8,11,24H,1-7,9-10H2. The highest BCUT2D eigenvalue weighted by Crippen LogP contribution is 2.25. The number of hydrogen-bond acceptors (Lipinski definition) is 5. The maximum Gasteiger partial charge on any atom is 0.406 e. The second kappa shape index (κ2) is 7.75. The van der Waals surface area contributed by atoms with Gasteiger partial charge in [0, 0.05) is 25.7 Å². The van der Waals surface area contributed by atoms with Crippen molar-refractivity contribution in [2.24, 2.45) is 5.92 Å². The lowest BCUT2D eigenvalue weighted by Crippen LogP contribution is -2.49. The van der Waals surface area contributed by atoms with Crippen LogP contribution < -0.4 is 4.74 Å². The minimum Gasteiger partial charge on any atom is -0.476 e. The minimum atomic E-state index is -4.55. The molecule has 3 heterocycles. The van der Waals surface area contributed by atoms with Crippen LogP contribution in [0.3, 0.4) is 0 Å². The predicted octanol–water partition coefficient (Wildman–Crippen LogP) is 0.511. The number of halogens is 3. The Morgan fingerprint density at radius 2 is 2.15 bits per heavy atom. The maximum absolute atomic E-state index is 12.7. The van der Waals surface area contributed by atoms with Crippen LogP contribution in [0.25, 0.3) is 0 Å². The Morgan fingerprint density at radius 3 is 2.81 bits per heavy atom. The van der Waals surface area contributed by atoms with E-state index < -0.39 is 37.7 Å². The van der Waals surface area contributed by atoms with Gasteiger partial charge in [0.15, 0.2) is 5.69 Å². The third-order valence-corrected chi connectivity index (χ3v) is 4.62. The number of aliphatic hydroxyl groups excluding tert-OH is 1. The number of aliphatic hydroxyl groups is 1. The molecule has 2 aliphatic heterocycles. The summed E-state index contributed by atoms with van der Waals surface area (Å²) in [5.74, 6) is -1.30. The predicted molar refractivity (Wildman–Crippen MR) is 86.1 cm³/mol. The van der Waals surface area contributed by atoms with Gasteiger partial charge in [0.2, 0.25) is 11.8 Å². The molecule has 1 N–H and O–H groups in total. The van der Waals surface area contributed by atoms with E-state index in [9.17, 15) is 22.8 Å². The van der Waals surface area contributed by atoms with Crippen LogP contribution in [0.4, 0.5) is 13.2 Å². The van der Waals surface area contributed by atoms with Crippen molar-refractivity contribution in [1.82, 2.24) is 19.6 Å². The van der Waals surface area contributed by atoms with Gasteiger partial charge in [0.1, 0.15) is 13.2 Å². The summed E-state index contributed by atoms with van der Waals surface area (Å²) in [7, 11) is 0. The number of amides is 2. The van der Waals surface area contributed by atoms with Gasteiger partial charge < -0.3 is 19.6 Å². The van der Waals surface area contributed by atoms with Gasteiger partial charge in [-0.3, -0.25) is 9.59 Å². The van der Waals surface area contributed by atoms with Crippen molar-refractivity contribution >= 4 is 11.8 Å². The van der Waals surface area contributed by atoms with Crippen LogP contribution in [0.2, 0.25) is 0 Å². The lowest BCUT2D eigenvalue weighted by Gasteiger charge is -2.34.